The lowest BCUT2D eigenvalue weighted by Gasteiger charge is -2.04. The second-order valence-electron chi connectivity index (χ2n) is 3.99. The van der Waals surface area contributed by atoms with Crippen molar-refractivity contribution in [1.29, 1.82) is 5.26 Å². The predicted octanol–water partition coefficient (Wildman–Crippen LogP) is 3.21. The summed E-state index contributed by atoms with van der Waals surface area (Å²) in [4.78, 5) is 11.0. The summed E-state index contributed by atoms with van der Waals surface area (Å²) in [5, 5.41) is 9.10. The number of hydrogen-bond donors (Lipinski definition) is 0. The van der Waals surface area contributed by atoms with Crippen LogP contribution < -0.4 is 0 Å². The summed E-state index contributed by atoms with van der Waals surface area (Å²) < 4.78 is 5.50. The van der Waals surface area contributed by atoms with E-state index in [1.807, 2.05) is 12.1 Å². The van der Waals surface area contributed by atoms with Crippen molar-refractivity contribution in [2.24, 2.45) is 0 Å². The molecule has 0 saturated heterocycles. The molecular formula is C14H16BrNO2. The number of nitrogens with zero attached hydrogens (tertiary/aromatic N) is 1. The first-order valence-electron chi connectivity index (χ1n) is 5.90. The molecule has 0 N–H and O–H groups in total. The van der Waals surface area contributed by atoms with Gasteiger partial charge in [0, 0.05) is 13.0 Å². The highest BCUT2D eigenvalue weighted by atomic mass is 79.9. The molecule has 0 saturated carbocycles. The van der Waals surface area contributed by atoms with Crippen molar-refractivity contribution in [3.05, 3.63) is 35.4 Å². The molecule has 4 heteroatoms. The first kappa shape index (κ1) is 14.9. The van der Waals surface area contributed by atoms with E-state index in [9.17, 15) is 4.79 Å². The Hall–Kier alpha value is -1.18. The minimum Gasteiger partial charge on any atom is -0.377 e. The largest absolute Gasteiger partial charge is 0.377 e. The van der Waals surface area contributed by atoms with Crippen LogP contribution in [0.4, 0.5) is 0 Å². The van der Waals surface area contributed by atoms with Crippen LogP contribution >= 0.6 is 15.9 Å². The Kier molecular flexibility index (Phi) is 7.31. The summed E-state index contributed by atoms with van der Waals surface area (Å²) in [6, 6.07) is 9.44. The Morgan fingerprint density at radius 2 is 2.00 bits per heavy atom. The van der Waals surface area contributed by atoms with Crippen LogP contribution in [0.25, 0.3) is 0 Å². The van der Waals surface area contributed by atoms with Gasteiger partial charge in [0.1, 0.15) is 5.78 Å². The number of rotatable bonds is 8. The maximum atomic E-state index is 11.0. The van der Waals surface area contributed by atoms with Crippen LogP contribution in [0.5, 0.6) is 0 Å². The number of Topliss-reactive ketones (excluding diaryl/α,β-unsaturated/α-hetero) is 1. The fourth-order valence-corrected chi connectivity index (χ4v) is 1.74. The highest BCUT2D eigenvalue weighted by Crippen LogP contribution is 2.06. The zero-order valence-corrected chi connectivity index (χ0v) is 11.8. The molecule has 0 aliphatic rings. The maximum absolute atomic E-state index is 11.0. The maximum Gasteiger partial charge on any atom is 0.143 e. The lowest BCUT2D eigenvalue weighted by Crippen LogP contribution is -2.00. The molecule has 0 spiro atoms. The van der Waals surface area contributed by atoms with E-state index in [-0.39, 0.29) is 5.78 Å². The van der Waals surface area contributed by atoms with E-state index in [1.165, 1.54) is 0 Å². The van der Waals surface area contributed by atoms with E-state index in [1.54, 1.807) is 12.1 Å². The van der Waals surface area contributed by atoms with E-state index < -0.39 is 0 Å². The van der Waals surface area contributed by atoms with Gasteiger partial charge in [0.15, 0.2) is 0 Å². The number of alkyl halides is 1. The summed E-state index contributed by atoms with van der Waals surface area (Å²) in [5.41, 5.74) is 1.72. The molecule has 0 bridgehead atoms. The van der Waals surface area contributed by atoms with Gasteiger partial charge in [-0.3, -0.25) is 4.79 Å². The molecule has 0 radical (unpaired) electrons. The summed E-state index contributed by atoms with van der Waals surface area (Å²) in [6.45, 7) is 1.22. The molecule has 18 heavy (non-hydrogen) atoms. The standard InChI is InChI=1S/C14H16BrNO2/c15-9-14(17)3-1-2-8-18-11-13-6-4-12(10-16)5-7-13/h4-7H,1-3,8-9,11H2. The number of ether oxygens (including phenoxy) is 1. The first-order valence-corrected chi connectivity index (χ1v) is 7.03. The first-order chi connectivity index (χ1) is 8.76. The number of carbonyl (C=O) groups excluding carboxylic acids is 1. The van der Waals surface area contributed by atoms with Crippen LogP contribution in [-0.4, -0.2) is 17.7 Å². The fourth-order valence-electron chi connectivity index (χ4n) is 1.46. The van der Waals surface area contributed by atoms with Crippen molar-refractivity contribution in [3.63, 3.8) is 0 Å². The van der Waals surface area contributed by atoms with E-state index in [0.29, 0.717) is 30.5 Å². The summed E-state index contributed by atoms with van der Waals surface area (Å²) >= 11 is 3.14. The lowest BCUT2D eigenvalue weighted by molar-refractivity contribution is -0.116. The average Bonchev–Trinajstić information content (AvgIpc) is 2.43. The van der Waals surface area contributed by atoms with Crippen molar-refractivity contribution in [2.45, 2.75) is 25.9 Å². The molecule has 0 aliphatic heterocycles. The van der Waals surface area contributed by atoms with Gasteiger partial charge in [0.2, 0.25) is 0 Å². The molecule has 1 aromatic rings. The minimum absolute atomic E-state index is 0.238. The van der Waals surface area contributed by atoms with Gasteiger partial charge in [-0.2, -0.15) is 5.26 Å². The third kappa shape index (κ3) is 5.95. The SMILES string of the molecule is N#Cc1ccc(COCCCCC(=O)CBr)cc1. The molecule has 0 amide bonds. The highest BCUT2D eigenvalue weighted by molar-refractivity contribution is 9.09. The van der Waals surface area contributed by atoms with Gasteiger partial charge in [-0.25, -0.2) is 0 Å². The molecule has 0 heterocycles. The van der Waals surface area contributed by atoms with E-state index in [0.717, 1.165) is 18.4 Å². The van der Waals surface area contributed by atoms with Crippen LogP contribution in [0.15, 0.2) is 24.3 Å². The number of unbranched alkanes of at least 4 members (excludes halogenated alkanes) is 1. The molecule has 1 rings (SSSR count). The number of ketones is 1. The van der Waals surface area contributed by atoms with E-state index in [4.69, 9.17) is 10.00 Å². The third-order valence-electron chi connectivity index (χ3n) is 2.50. The number of hydrogen-bond acceptors (Lipinski definition) is 3. The topological polar surface area (TPSA) is 50.1 Å². The highest BCUT2D eigenvalue weighted by Gasteiger charge is 1.99. The van der Waals surface area contributed by atoms with Crippen molar-refractivity contribution in [2.75, 3.05) is 11.9 Å². The van der Waals surface area contributed by atoms with Crippen molar-refractivity contribution in [1.82, 2.24) is 0 Å². The van der Waals surface area contributed by atoms with E-state index >= 15 is 0 Å². The Bertz CT molecular complexity index is 409. The van der Waals surface area contributed by atoms with Gasteiger partial charge < -0.3 is 4.74 Å². The lowest BCUT2D eigenvalue weighted by atomic mass is 10.1. The Morgan fingerprint density at radius 1 is 1.28 bits per heavy atom. The zero-order valence-electron chi connectivity index (χ0n) is 10.2. The van der Waals surface area contributed by atoms with Gasteiger partial charge in [-0.1, -0.05) is 28.1 Å². The van der Waals surface area contributed by atoms with Crippen LogP contribution in [0, 0.1) is 11.3 Å². The second-order valence-corrected chi connectivity index (χ2v) is 4.55. The summed E-state index contributed by atoms with van der Waals surface area (Å²) in [5.74, 6) is 0.238. The summed E-state index contributed by atoms with van der Waals surface area (Å²) in [7, 11) is 0. The Morgan fingerprint density at radius 3 is 2.61 bits per heavy atom. The van der Waals surface area contributed by atoms with Crippen LogP contribution in [0.3, 0.4) is 0 Å². The molecule has 1 aromatic carbocycles. The van der Waals surface area contributed by atoms with Gasteiger partial charge in [0.05, 0.1) is 23.6 Å². The van der Waals surface area contributed by atoms with E-state index in [2.05, 4.69) is 22.0 Å². The second kappa shape index (κ2) is 8.84. The van der Waals surface area contributed by atoms with Gasteiger partial charge in [-0.15, -0.1) is 0 Å². The van der Waals surface area contributed by atoms with Crippen LogP contribution in [-0.2, 0) is 16.1 Å². The van der Waals surface area contributed by atoms with Gasteiger partial charge >= 0.3 is 0 Å². The predicted molar refractivity (Wildman–Crippen MR) is 73.5 cm³/mol. The van der Waals surface area contributed by atoms with Gasteiger partial charge in [0.25, 0.3) is 0 Å². The Labute approximate surface area is 116 Å². The van der Waals surface area contributed by atoms with Gasteiger partial charge in [-0.05, 0) is 30.5 Å². The van der Waals surface area contributed by atoms with Crippen LogP contribution in [0.1, 0.15) is 30.4 Å². The van der Waals surface area contributed by atoms with Crippen molar-refractivity contribution in [3.8, 4) is 6.07 Å². The number of carbonyl (C=O) groups is 1. The summed E-state index contributed by atoms with van der Waals surface area (Å²) in [6.07, 6.45) is 2.39. The molecular weight excluding hydrogens is 294 g/mol. The monoisotopic (exact) mass is 309 g/mol. The zero-order chi connectivity index (χ0) is 13.2. The third-order valence-corrected chi connectivity index (χ3v) is 3.12. The van der Waals surface area contributed by atoms with Crippen molar-refractivity contribution >= 4 is 21.7 Å². The minimum atomic E-state index is 0.238. The molecule has 0 fully saturated rings. The number of benzene rings is 1. The molecule has 0 atom stereocenters. The fraction of sp³-hybridized carbons (Fsp3) is 0.429. The molecule has 3 nitrogen and oxygen atoms in total. The van der Waals surface area contributed by atoms with Crippen LogP contribution in [0.2, 0.25) is 0 Å². The Balaban J connectivity index is 2.10. The normalized spacial score (nSPS) is 10.0. The smallest absolute Gasteiger partial charge is 0.143 e. The molecule has 96 valence electrons. The number of halogens is 1. The quantitative estimate of drug-likeness (QED) is 0.547. The van der Waals surface area contributed by atoms with Crippen molar-refractivity contribution < 1.29 is 9.53 Å². The number of nitriles is 1. The molecule has 0 unspecified atom stereocenters. The molecule has 0 aliphatic carbocycles. The average molecular weight is 310 g/mol. The molecule has 0 aromatic heterocycles.